The van der Waals surface area contributed by atoms with E-state index in [4.69, 9.17) is 4.74 Å². The summed E-state index contributed by atoms with van der Waals surface area (Å²) in [6, 6.07) is 18.8. The first-order valence-electron chi connectivity index (χ1n) is 11.5. The van der Waals surface area contributed by atoms with E-state index >= 15 is 0 Å². The number of carbonyl (C=O) groups is 2. The van der Waals surface area contributed by atoms with Gasteiger partial charge in [-0.15, -0.1) is 0 Å². The number of carbonyl (C=O) groups excluding carboxylic acids is 2. The summed E-state index contributed by atoms with van der Waals surface area (Å²) in [5.41, 5.74) is 0.00168. The van der Waals surface area contributed by atoms with Crippen molar-refractivity contribution in [1.82, 2.24) is 9.55 Å². The number of esters is 1. The molecule has 0 spiro atoms. The van der Waals surface area contributed by atoms with Crippen LogP contribution >= 0.6 is 15.9 Å². The molecule has 0 bridgehead atoms. The van der Waals surface area contributed by atoms with Crippen LogP contribution in [0.2, 0.25) is 0 Å². The minimum Gasteiger partial charge on any atom is -0.456 e. The highest BCUT2D eigenvalue weighted by Gasteiger charge is 2.31. The maximum atomic E-state index is 13.3. The summed E-state index contributed by atoms with van der Waals surface area (Å²) in [6.07, 6.45) is -5.05. The molecule has 11 heteroatoms. The van der Waals surface area contributed by atoms with Gasteiger partial charge in [-0.25, -0.2) is 4.98 Å². The Morgan fingerprint density at radius 2 is 1.71 bits per heavy atom. The average molecular weight is 588 g/mol. The summed E-state index contributed by atoms with van der Waals surface area (Å²) in [7, 11) is 0. The molecule has 0 aliphatic heterocycles. The number of rotatable bonds is 8. The van der Waals surface area contributed by atoms with Crippen LogP contribution in [0.15, 0.2) is 82.1 Å². The number of hydrogen-bond acceptors (Lipinski definition) is 5. The number of nitrogens with one attached hydrogen (secondary N) is 1. The summed E-state index contributed by atoms with van der Waals surface area (Å²) < 4.78 is 47.1. The highest BCUT2D eigenvalue weighted by molar-refractivity contribution is 9.10. The molecule has 1 aromatic heterocycles. The normalized spacial score (nSPS) is 11.4. The molecule has 1 N–H and O–H groups in total. The lowest BCUT2D eigenvalue weighted by Gasteiger charge is -2.14. The number of halogens is 4. The van der Waals surface area contributed by atoms with E-state index in [9.17, 15) is 27.6 Å². The molecule has 0 fully saturated rings. The molecule has 0 unspecified atom stereocenters. The smallest absolute Gasteiger partial charge is 0.416 e. The third-order valence-electron chi connectivity index (χ3n) is 5.58. The average Bonchev–Trinajstić information content (AvgIpc) is 2.89. The van der Waals surface area contributed by atoms with E-state index in [0.717, 1.165) is 22.2 Å². The minimum absolute atomic E-state index is 0.0207. The van der Waals surface area contributed by atoms with Gasteiger partial charge in [0.1, 0.15) is 5.69 Å². The first-order chi connectivity index (χ1) is 18.1. The first-order valence-corrected chi connectivity index (χ1v) is 12.2. The van der Waals surface area contributed by atoms with Crippen molar-refractivity contribution < 1.29 is 27.5 Å². The fourth-order valence-corrected chi connectivity index (χ4v) is 4.00. The molecule has 0 aliphatic rings. The fourth-order valence-electron chi connectivity index (χ4n) is 3.73. The fraction of sp³-hybridized carbons (Fsp3) is 0.185. The molecular formula is C27H21BrF3N3O4. The third kappa shape index (κ3) is 6.86. The van der Waals surface area contributed by atoms with Crippen LogP contribution in [0.4, 0.5) is 18.9 Å². The Morgan fingerprint density at radius 1 is 1.00 bits per heavy atom. The maximum Gasteiger partial charge on any atom is 0.416 e. The highest BCUT2D eigenvalue weighted by Crippen LogP contribution is 2.31. The molecule has 0 saturated heterocycles. The molecule has 4 aromatic rings. The Hall–Kier alpha value is -3.99. The van der Waals surface area contributed by atoms with E-state index in [1.54, 1.807) is 48.5 Å². The Balaban J connectivity index is 1.50. The topological polar surface area (TPSA) is 90.3 Å². The summed E-state index contributed by atoms with van der Waals surface area (Å²) in [4.78, 5) is 41.7. The maximum absolute atomic E-state index is 13.3. The van der Waals surface area contributed by atoms with Gasteiger partial charge in [-0.1, -0.05) is 46.3 Å². The zero-order valence-corrected chi connectivity index (χ0v) is 21.4. The first kappa shape index (κ1) is 27.1. The van der Waals surface area contributed by atoms with Crippen molar-refractivity contribution in [3.05, 3.63) is 104 Å². The van der Waals surface area contributed by atoms with Crippen LogP contribution in [0, 0.1) is 0 Å². The predicted octanol–water partition coefficient (Wildman–Crippen LogP) is 5.34. The number of anilines is 1. The van der Waals surface area contributed by atoms with Crippen LogP contribution in [0.5, 0.6) is 0 Å². The van der Waals surface area contributed by atoms with Gasteiger partial charge in [0.05, 0.1) is 29.6 Å². The lowest BCUT2D eigenvalue weighted by Crippen LogP contribution is -2.27. The second-order valence-electron chi connectivity index (χ2n) is 8.35. The lowest BCUT2D eigenvalue weighted by molar-refractivity contribution is -0.147. The van der Waals surface area contributed by atoms with Crippen molar-refractivity contribution in [2.75, 3.05) is 11.9 Å². The molecule has 38 heavy (non-hydrogen) atoms. The summed E-state index contributed by atoms with van der Waals surface area (Å²) in [6.45, 7) is -0.426. The molecule has 1 heterocycles. The molecule has 0 radical (unpaired) electrons. The van der Waals surface area contributed by atoms with Crippen molar-refractivity contribution in [2.45, 2.75) is 25.6 Å². The summed E-state index contributed by atoms with van der Waals surface area (Å²) in [5, 5.41) is 2.58. The molecule has 4 rings (SSSR count). The molecule has 7 nitrogen and oxygen atoms in total. The number of amides is 1. The lowest BCUT2D eigenvalue weighted by atomic mass is 10.1. The summed E-state index contributed by atoms with van der Waals surface area (Å²) in [5.74, 6) is -1.30. The van der Waals surface area contributed by atoms with E-state index in [1.165, 1.54) is 10.6 Å². The van der Waals surface area contributed by atoms with E-state index in [-0.39, 0.29) is 36.1 Å². The van der Waals surface area contributed by atoms with Crippen molar-refractivity contribution in [2.24, 2.45) is 0 Å². The molecule has 196 valence electrons. The largest absolute Gasteiger partial charge is 0.456 e. The second-order valence-corrected chi connectivity index (χ2v) is 9.27. The molecule has 0 saturated carbocycles. The number of alkyl halides is 3. The Bertz CT molecular complexity index is 1520. The Morgan fingerprint density at radius 3 is 2.39 bits per heavy atom. The van der Waals surface area contributed by atoms with Gasteiger partial charge in [0, 0.05) is 16.6 Å². The molecular weight excluding hydrogens is 567 g/mol. The number of nitrogens with zero attached hydrogens (tertiary/aromatic N) is 2. The monoisotopic (exact) mass is 587 g/mol. The quantitative estimate of drug-likeness (QED) is 0.281. The number of ether oxygens (including phenoxy) is 1. The van der Waals surface area contributed by atoms with E-state index in [1.807, 2.05) is 6.07 Å². The molecule has 1 amide bonds. The standard InChI is InChI=1S/C27H21BrF3N3O4/c28-19-7-9-20(10-8-19)32-24(35)16-38-25(36)13-11-21-26(37)34(15-17-4-2-1-3-5-17)23-12-6-18(27(29,30)31)14-22(23)33-21/h1-10,12,14H,11,13,15-16H2,(H,32,35). The van der Waals surface area contributed by atoms with Gasteiger partial charge >= 0.3 is 12.1 Å². The highest BCUT2D eigenvalue weighted by atomic mass is 79.9. The van der Waals surface area contributed by atoms with Gasteiger partial charge < -0.3 is 14.6 Å². The van der Waals surface area contributed by atoms with Gasteiger partial charge in [0.15, 0.2) is 6.61 Å². The van der Waals surface area contributed by atoms with E-state index < -0.39 is 35.8 Å². The van der Waals surface area contributed by atoms with Crippen LogP contribution in [-0.4, -0.2) is 28.0 Å². The van der Waals surface area contributed by atoms with Crippen LogP contribution in [0.25, 0.3) is 11.0 Å². The minimum atomic E-state index is -4.59. The van der Waals surface area contributed by atoms with Crippen LogP contribution in [0.3, 0.4) is 0 Å². The molecule has 0 atom stereocenters. The zero-order chi connectivity index (χ0) is 27.3. The number of fused-ring (bicyclic) bond motifs is 1. The van der Waals surface area contributed by atoms with Crippen LogP contribution in [0.1, 0.15) is 23.2 Å². The number of aromatic nitrogens is 2. The van der Waals surface area contributed by atoms with Gasteiger partial charge in [-0.2, -0.15) is 13.2 Å². The van der Waals surface area contributed by atoms with Gasteiger partial charge in [-0.05, 0) is 48.0 Å². The van der Waals surface area contributed by atoms with Crippen LogP contribution in [-0.2, 0) is 33.5 Å². The zero-order valence-electron chi connectivity index (χ0n) is 19.8. The number of aryl methyl sites for hydroxylation is 1. The Labute approximate surface area is 223 Å². The SMILES string of the molecule is O=C(COC(=O)CCc1nc2cc(C(F)(F)F)ccc2n(Cc2ccccc2)c1=O)Nc1ccc(Br)cc1. The van der Waals surface area contributed by atoms with Gasteiger partial charge in [-0.3, -0.25) is 14.4 Å². The van der Waals surface area contributed by atoms with Crippen molar-refractivity contribution in [3.63, 3.8) is 0 Å². The van der Waals surface area contributed by atoms with E-state index in [0.29, 0.717) is 5.69 Å². The summed E-state index contributed by atoms with van der Waals surface area (Å²) >= 11 is 3.29. The molecule has 3 aromatic carbocycles. The van der Waals surface area contributed by atoms with Crippen LogP contribution < -0.4 is 10.9 Å². The van der Waals surface area contributed by atoms with Crippen molar-refractivity contribution >= 4 is 44.5 Å². The third-order valence-corrected chi connectivity index (χ3v) is 6.11. The second kappa shape index (κ2) is 11.6. The van der Waals surface area contributed by atoms with Gasteiger partial charge in [0.2, 0.25) is 0 Å². The van der Waals surface area contributed by atoms with Gasteiger partial charge in [0.25, 0.3) is 11.5 Å². The van der Waals surface area contributed by atoms with Crippen molar-refractivity contribution in [1.29, 1.82) is 0 Å². The van der Waals surface area contributed by atoms with E-state index in [2.05, 4.69) is 26.2 Å². The molecule has 0 aliphatic carbocycles. The van der Waals surface area contributed by atoms with Crippen molar-refractivity contribution in [3.8, 4) is 0 Å². The predicted molar refractivity (Wildman–Crippen MR) is 139 cm³/mol. The number of hydrogen-bond donors (Lipinski definition) is 1. The Kier molecular flexibility index (Phi) is 8.26. The number of benzene rings is 3.